The first kappa shape index (κ1) is 34.4. The number of hydrogen-bond acceptors (Lipinski definition) is 8. The monoisotopic (exact) mass is 678 g/mol. The van der Waals surface area contributed by atoms with E-state index in [1.807, 2.05) is 11.0 Å². The lowest BCUT2D eigenvalue weighted by Gasteiger charge is -2.64. The summed E-state index contributed by atoms with van der Waals surface area (Å²) in [6, 6.07) is 8.41. The predicted molar refractivity (Wildman–Crippen MR) is 188 cm³/mol. The summed E-state index contributed by atoms with van der Waals surface area (Å²) in [6.07, 6.45) is 16.3. The van der Waals surface area contributed by atoms with E-state index in [9.17, 15) is 10.1 Å². The lowest BCUT2D eigenvalue weighted by molar-refractivity contribution is -0.181. The van der Waals surface area contributed by atoms with E-state index in [1.54, 1.807) is 17.8 Å². The second-order valence-electron chi connectivity index (χ2n) is 15.5. The number of likely N-dealkylation sites (tertiary alicyclic amines) is 1. The number of carbonyl (C=O) groups excluding carboxylic acids is 1. The van der Waals surface area contributed by atoms with Gasteiger partial charge < -0.3 is 14.5 Å². The summed E-state index contributed by atoms with van der Waals surface area (Å²) in [5.41, 5.74) is 0.817. The molecule has 4 heterocycles. The standard InChI is InChI=1S/C38H55FN6O2S/c1-3-34(46)45-22-21-44(25-29(45)17-19-40)38(28-12-7-5-4-6-8-13-28)31-16-18-37(23-27-11-9-15-32(39)35(27)48-37)24-33(31)41-36(42-38)47-26-30-14-10-20-43(30)2/h3,9,11,15,28-31,33,36,41-42H,1,4-8,10,12-14,16-18,20-26H2,2H3/t29?,30?,31?,33?,36?,37-,38?/m1/s1. The van der Waals surface area contributed by atoms with Crippen molar-refractivity contribution in [1.82, 2.24) is 25.3 Å². The van der Waals surface area contributed by atoms with Crippen LogP contribution >= 0.6 is 11.8 Å². The summed E-state index contributed by atoms with van der Waals surface area (Å²) in [5.74, 6) is 0.575. The van der Waals surface area contributed by atoms with E-state index in [0.717, 1.165) is 55.7 Å². The quantitative estimate of drug-likeness (QED) is 0.359. The average molecular weight is 679 g/mol. The molecule has 4 aliphatic heterocycles. The summed E-state index contributed by atoms with van der Waals surface area (Å²) in [5, 5.41) is 18.1. The Labute approximate surface area is 291 Å². The van der Waals surface area contributed by atoms with Crippen molar-refractivity contribution in [3.8, 4) is 6.07 Å². The highest BCUT2D eigenvalue weighted by atomic mass is 32.2. The van der Waals surface area contributed by atoms with Gasteiger partial charge in [-0.15, -0.1) is 11.8 Å². The van der Waals surface area contributed by atoms with Gasteiger partial charge in [-0.05, 0) is 88.6 Å². The molecule has 7 rings (SSSR count). The summed E-state index contributed by atoms with van der Waals surface area (Å²) < 4.78 is 21.9. The Hall–Kier alpha value is -2.00. The molecule has 5 fully saturated rings. The Bertz CT molecular complexity index is 1370. The number of thioether (sulfide) groups is 1. The minimum absolute atomic E-state index is 0.0304. The summed E-state index contributed by atoms with van der Waals surface area (Å²) in [6.45, 7) is 7.56. The van der Waals surface area contributed by atoms with Crippen molar-refractivity contribution in [3.63, 3.8) is 0 Å². The molecule has 1 spiro atoms. The predicted octanol–water partition coefficient (Wildman–Crippen LogP) is 5.64. The molecule has 1 aromatic rings. The van der Waals surface area contributed by atoms with Crippen LogP contribution < -0.4 is 10.6 Å². The molecule has 48 heavy (non-hydrogen) atoms. The van der Waals surface area contributed by atoms with E-state index >= 15 is 4.39 Å². The topological polar surface area (TPSA) is 83.9 Å². The highest BCUT2D eigenvalue weighted by Crippen LogP contribution is 2.57. The van der Waals surface area contributed by atoms with Crippen molar-refractivity contribution in [2.75, 3.05) is 39.8 Å². The number of nitriles is 1. The van der Waals surface area contributed by atoms with Crippen LogP contribution in [0.3, 0.4) is 0 Å². The van der Waals surface area contributed by atoms with Crippen LogP contribution in [-0.4, -0.2) is 95.3 Å². The third-order valence-electron chi connectivity index (χ3n) is 12.8. The molecule has 0 aromatic heterocycles. The number of fused-ring (bicyclic) bond motifs is 2. The van der Waals surface area contributed by atoms with Gasteiger partial charge in [0.2, 0.25) is 5.91 Å². The minimum atomic E-state index is -0.334. The number of likely N-dealkylation sites (N-methyl/N-ethyl adjacent to an activating group) is 1. The normalized spacial score (nSPS) is 36.6. The first-order chi connectivity index (χ1) is 23.4. The molecule has 262 valence electrons. The first-order valence-electron chi connectivity index (χ1n) is 18.7. The molecular weight excluding hydrogens is 624 g/mol. The molecule has 6 aliphatic rings. The molecule has 6 unspecified atom stereocenters. The van der Waals surface area contributed by atoms with Crippen molar-refractivity contribution in [3.05, 3.63) is 42.2 Å². The van der Waals surface area contributed by atoms with E-state index < -0.39 is 0 Å². The molecule has 10 heteroatoms. The lowest BCUT2D eigenvalue weighted by atomic mass is 9.63. The fourth-order valence-electron chi connectivity index (χ4n) is 10.4. The number of halogens is 1. The highest BCUT2D eigenvalue weighted by molar-refractivity contribution is 8.01. The van der Waals surface area contributed by atoms with Crippen molar-refractivity contribution in [2.45, 2.75) is 130 Å². The third kappa shape index (κ3) is 6.60. The summed E-state index contributed by atoms with van der Waals surface area (Å²) >= 11 is 1.78. The van der Waals surface area contributed by atoms with E-state index in [4.69, 9.17) is 4.74 Å². The van der Waals surface area contributed by atoms with Crippen molar-refractivity contribution in [2.24, 2.45) is 11.8 Å². The largest absolute Gasteiger partial charge is 0.348 e. The van der Waals surface area contributed by atoms with Gasteiger partial charge in [-0.1, -0.05) is 50.8 Å². The van der Waals surface area contributed by atoms with Gasteiger partial charge >= 0.3 is 0 Å². The number of ether oxygens (including phenoxy) is 1. The van der Waals surface area contributed by atoms with Gasteiger partial charge in [0, 0.05) is 47.3 Å². The summed E-state index contributed by atoms with van der Waals surface area (Å²) in [7, 11) is 2.20. The van der Waals surface area contributed by atoms with Crippen molar-refractivity contribution >= 4 is 17.7 Å². The maximum Gasteiger partial charge on any atom is 0.246 e. The van der Waals surface area contributed by atoms with E-state index in [2.05, 4.69) is 46.2 Å². The number of carbonyl (C=O) groups is 1. The Morgan fingerprint density at radius 1 is 1.12 bits per heavy atom. The van der Waals surface area contributed by atoms with Crippen molar-refractivity contribution < 1.29 is 13.9 Å². The number of hydrogen-bond donors (Lipinski definition) is 2. The Kier molecular flexibility index (Phi) is 10.5. The van der Waals surface area contributed by atoms with Gasteiger partial charge in [0.15, 0.2) is 6.35 Å². The smallest absolute Gasteiger partial charge is 0.246 e. The fraction of sp³-hybridized carbons (Fsp3) is 0.737. The van der Waals surface area contributed by atoms with E-state index in [1.165, 1.54) is 57.4 Å². The lowest BCUT2D eigenvalue weighted by Crippen LogP contribution is -2.81. The number of piperazine rings is 1. The second kappa shape index (κ2) is 14.7. The number of amides is 1. The number of rotatable bonds is 7. The van der Waals surface area contributed by atoms with Crippen LogP contribution in [0.4, 0.5) is 4.39 Å². The molecule has 2 saturated carbocycles. The van der Waals surface area contributed by atoms with E-state index in [-0.39, 0.29) is 40.6 Å². The van der Waals surface area contributed by atoms with Crippen LogP contribution in [-0.2, 0) is 16.0 Å². The minimum Gasteiger partial charge on any atom is -0.348 e. The molecule has 3 saturated heterocycles. The van der Waals surface area contributed by atoms with Gasteiger partial charge in [-0.3, -0.25) is 20.3 Å². The third-order valence-corrected chi connectivity index (χ3v) is 14.4. The Morgan fingerprint density at radius 2 is 1.94 bits per heavy atom. The maximum absolute atomic E-state index is 15.1. The van der Waals surface area contributed by atoms with Gasteiger partial charge in [0.25, 0.3) is 0 Å². The van der Waals surface area contributed by atoms with Crippen LogP contribution in [0.5, 0.6) is 0 Å². The zero-order valence-electron chi connectivity index (χ0n) is 28.8. The molecule has 2 N–H and O–H groups in total. The van der Waals surface area contributed by atoms with Gasteiger partial charge in [-0.2, -0.15) is 5.26 Å². The van der Waals surface area contributed by atoms with Crippen LogP contribution in [0.15, 0.2) is 35.7 Å². The summed E-state index contributed by atoms with van der Waals surface area (Å²) in [4.78, 5) is 20.8. The maximum atomic E-state index is 15.1. The number of benzene rings is 1. The number of nitrogens with zero attached hydrogens (tertiary/aromatic N) is 4. The van der Waals surface area contributed by atoms with Gasteiger partial charge in [-0.25, -0.2) is 4.39 Å². The van der Waals surface area contributed by atoms with Crippen LogP contribution in [0.25, 0.3) is 0 Å². The molecule has 0 radical (unpaired) electrons. The molecule has 7 atom stereocenters. The number of nitrogens with one attached hydrogen (secondary N) is 2. The fourth-order valence-corrected chi connectivity index (χ4v) is 12.0. The second-order valence-corrected chi connectivity index (χ2v) is 17.0. The molecule has 8 nitrogen and oxygen atoms in total. The molecular formula is C38H55FN6O2S. The zero-order valence-corrected chi connectivity index (χ0v) is 29.6. The van der Waals surface area contributed by atoms with Crippen molar-refractivity contribution in [1.29, 1.82) is 5.26 Å². The highest BCUT2D eigenvalue weighted by Gasteiger charge is 2.60. The molecule has 1 amide bonds. The Morgan fingerprint density at radius 3 is 2.67 bits per heavy atom. The molecule has 2 aliphatic carbocycles. The molecule has 0 bridgehead atoms. The van der Waals surface area contributed by atoms with Gasteiger partial charge in [0.05, 0.1) is 30.8 Å². The SMILES string of the molecule is C=CC(=O)N1CCN(C2(C3CCCCCCC3)NC(OCC3CCCN3C)NC3C[C@@]4(CCC32)Cc2cccc(F)c2S4)CC1CC#N. The van der Waals surface area contributed by atoms with E-state index in [0.29, 0.717) is 44.0 Å². The molecule has 1 aromatic carbocycles. The van der Waals surface area contributed by atoms with Crippen LogP contribution in [0.1, 0.15) is 89.0 Å². The Balaban J connectivity index is 1.25. The zero-order chi connectivity index (χ0) is 33.3. The van der Waals surface area contributed by atoms with Crippen LogP contribution in [0.2, 0.25) is 0 Å². The van der Waals surface area contributed by atoms with Crippen LogP contribution in [0, 0.1) is 29.0 Å². The van der Waals surface area contributed by atoms with Gasteiger partial charge in [0.1, 0.15) is 5.82 Å². The first-order valence-corrected chi connectivity index (χ1v) is 19.5. The average Bonchev–Trinajstić information content (AvgIpc) is 3.65.